The van der Waals surface area contributed by atoms with Crippen molar-refractivity contribution < 1.29 is 18.7 Å². The van der Waals surface area contributed by atoms with E-state index in [4.69, 9.17) is 23.7 Å². The predicted molar refractivity (Wildman–Crippen MR) is 143 cm³/mol. The Balaban J connectivity index is 1.43. The van der Waals surface area contributed by atoms with Gasteiger partial charge in [-0.05, 0) is 47.5 Å². The normalized spacial score (nSPS) is 11.4. The monoisotopic (exact) mass is 505 g/mol. The summed E-state index contributed by atoms with van der Waals surface area (Å²) in [5.41, 5.74) is 4.67. The van der Waals surface area contributed by atoms with Gasteiger partial charge in [-0.25, -0.2) is 14.5 Å². The Hall–Kier alpha value is -5.18. The molecule has 9 nitrogen and oxygen atoms in total. The van der Waals surface area contributed by atoms with Crippen LogP contribution in [-0.2, 0) is 11.4 Å². The smallest absolute Gasteiger partial charge is 0.232 e. The largest absolute Gasteiger partial charge is 0.497 e. The third-order valence-corrected chi connectivity index (χ3v) is 6.07. The van der Waals surface area contributed by atoms with E-state index in [1.807, 2.05) is 78.9 Å². The highest BCUT2D eigenvalue weighted by Crippen LogP contribution is 2.42. The van der Waals surface area contributed by atoms with Gasteiger partial charge in [0.25, 0.3) is 0 Å². The van der Waals surface area contributed by atoms with Crippen LogP contribution in [0.4, 0.5) is 0 Å². The molecule has 9 heteroatoms. The topological polar surface area (TPSA) is 96.3 Å². The van der Waals surface area contributed by atoms with Gasteiger partial charge < -0.3 is 18.7 Å². The van der Waals surface area contributed by atoms with Crippen molar-refractivity contribution in [1.29, 1.82) is 0 Å². The molecule has 0 saturated carbocycles. The Morgan fingerprint density at radius 3 is 2.24 bits per heavy atom. The minimum atomic E-state index is 0.105. The van der Waals surface area contributed by atoms with E-state index in [2.05, 4.69) is 15.2 Å². The van der Waals surface area contributed by atoms with Gasteiger partial charge in [-0.2, -0.15) is 0 Å². The number of benzene rings is 3. The second-order valence-electron chi connectivity index (χ2n) is 8.40. The Labute approximate surface area is 217 Å². The van der Waals surface area contributed by atoms with E-state index in [9.17, 15) is 0 Å². The lowest BCUT2D eigenvalue weighted by Gasteiger charge is -2.06. The highest BCUT2D eigenvalue weighted by Gasteiger charge is 2.23. The van der Waals surface area contributed by atoms with E-state index in [-0.39, 0.29) is 6.61 Å². The average Bonchev–Trinajstić information content (AvgIpc) is 3.57. The van der Waals surface area contributed by atoms with Gasteiger partial charge in [0.1, 0.15) is 23.6 Å². The molecule has 3 aromatic heterocycles. The van der Waals surface area contributed by atoms with E-state index in [0.29, 0.717) is 22.9 Å². The fourth-order valence-corrected chi connectivity index (χ4v) is 4.22. The lowest BCUT2D eigenvalue weighted by atomic mass is 9.99. The summed E-state index contributed by atoms with van der Waals surface area (Å²) in [6.45, 7) is 0.105. The minimum absolute atomic E-state index is 0.105. The van der Waals surface area contributed by atoms with Crippen molar-refractivity contribution in [2.75, 3.05) is 14.2 Å². The van der Waals surface area contributed by atoms with Crippen molar-refractivity contribution in [2.45, 2.75) is 6.61 Å². The van der Waals surface area contributed by atoms with Crippen molar-refractivity contribution in [2.24, 2.45) is 5.16 Å². The second-order valence-corrected chi connectivity index (χ2v) is 8.40. The van der Waals surface area contributed by atoms with Gasteiger partial charge >= 0.3 is 0 Å². The number of hydrogen-bond donors (Lipinski definition) is 0. The van der Waals surface area contributed by atoms with Gasteiger partial charge in [-0.3, -0.25) is 0 Å². The molecule has 0 saturated heterocycles. The highest BCUT2D eigenvalue weighted by molar-refractivity contribution is 6.07. The van der Waals surface area contributed by atoms with Crippen LogP contribution < -0.4 is 9.47 Å². The standard InChI is InChI=1S/C29H23N5O4/c1-35-22-12-8-20(9-13-22)25-26-28-32-24(17-37-31-16-19-6-4-3-5-7-19)33-34(28)18-30-29(26)38-27(25)21-10-14-23(36-2)15-11-21/h3-16,18H,17H2,1-2H3. The SMILES string of the molecule is COc1ccc(-c2oc3ncn4nc(CON=Cc5ccccc5)nc4c3c2-c2ccc(OC)cc2)cc1. The quantitative estimate of drug-likeness (QED) is 0.191. The van der Waals surface area contributed by atoms with E-state index in [1.165, 1.54) is 0 Å². The molecule has 0 atom stereocenters. The van der Waals surface area contributed by atoms with Gasteiger partial charge in [0, 0.05) is 11.1 Å². The summed E-state index contributed by atoms with van der Waals surface area (Å²) in [4.78, 5) is 14.7. The maximum atomic E-state index is 6.32. The third kappa shape index (κ3) is 4.41. The number of ether oxygens (including phenoxy) is 2. The molecule has 0 aliphatic heterocycles. The molecule has 0 aliphatic carbocycles. The highest BCUT2D eigenvalue weighted by atomic mass is 16.6. The molecule has 0 unspecified atom stereocenters. The van der Waals surface area contributed by atoms with E-state index >= 15 is 0 Å². The summed E-state index contributed by atoms with van der Waals surface area (Å²) < 4.78 is 18.6. The molecule has 0 aliphatic rings. The van der Waals surface area contributed by atoms with Crippen molar-refractivity contribution in [1.82, 2.24) is 19.6 Å². The molecular weight excluding hydrogens is 482 g/mol. The zero-order chi connectivity index (χ0) is 25.9. The fraction of sp³-hybridized carbons (Fsp3) is 0.103. The molecule has 0 radical (unpaired) electrons. The van der Waals surface area contributed by atoms with Crippen LogP contribution in [0.25, 0.3) is 39.2 Å². The first-order valence-electron chi connectivity index (χ1n) is 11.9. The summed E-state index contributed by atoms with van der Waals surface area (Å²) in [6, 6.07) is 25.2. The maximum absolute atomic E-state index is 6.32. The zero-order valence-corrected chi connectivity index (χ0v) is 20.7. The van der Waals surface area contributed by atoms with Crippen LogP contribution in [0, 0.1) is 0 Å². The molecule has 0 fully saturated rings. The summed E-state index contributed by atoms with van der Waals surface area (Å²) in [5.74, 6) is 2.65. The second kappa shape index (κ2) is 10.1. The van der Waals surface area contributed by atoms with E-state index in [1.54, 1.807) is 31.3 Å². The number of rotatable bonds is 8. The molecule has 0 amide bonds. The van der Waals surface area contributed by atoms with Crippen LogP contribution >= 0.6 is 0 Å². The molecule has 0 bridgehead atoms. The summed E-state index contributed by atoms with van der Waals surface area (Å²) in [6.07, 6.45) is 3.23. The molecule has 38 heavy (non-hydrogen) atoms. The summed E-state index contributed by atoms with van der Waals surface area (Å²) in [5, 5.41) is 9.32. The number of hydrogen-bond acceptors (Lipinski definition) is 8. The fourth-order valence-electron chi connectivity index (χ4n) is 4.22. The van der Waals surface area contributed by atoms with Gasteiger partial charge in [0.15, 0.2) is 18.1 Å². The molecule has 3 heterocycles. The first-order chi connectivity index (χ1) is 18.7. The van der Waals surface area contributed by atoms with Gasteiger partial charge in [-0.1, -0.05) is 47.6 Å². The molecule has 6 aromatic rings. The molecule has 0 N–H and O–H groups in total. The van der Waals surface area contributed by atoms with Crippen LogP contribution in [0.2, 0.25) is 0 Å². The maximum Gasteiger partial charge on any atom is 0.232 e. The zero-order valence-electron chi connectivity index (χ0n) is 20.7. The first-order valence-corrected chi connectivity index (χ1v) is 11.9. The number of nitrogens with zero attached hydrogens (tertiary/aromatic N) is 5. The van der Waals surface area contributed by atoms with Gasteiger partial charge in [-0.15, -0.1) is 5.10 Å². The number of fused-ring (bicyclic) bond motifs is 3. The van der Waals surface area contributed by atoms with Crippen molar-refractivity contribution in [3.05, 3.63) is 96.6 Å². The van der Waals surface area contributed by atoms with Crippen LogP contribution in [0.5, 0.6) is 11.5 Å². The molecule has 6 rings (SSSR count). The Morgan fingerprint density at radius 1 is 0.868 bits per heavy atom. The average molecular weight is 506 g/mol. The van der Waals surface area contributed by atoms with Crippen LogP contribution in [0.3, 0.4) is 0 Å². The lowest BCUT2D eigenvalue weighted by molar-refractivity contribution is 0.126. The van der Waals surface area contributed by atoms with Gasteiger partial charge in [0.2, 0.25) is 5.71 Å². The molecule has 3 aromatic carbocycles. The van der Waals surface area contributed by atoms with Gasteiger partial charge in [0.05, 0.1) is 25.8 Å². The van der Waals surface area contributed by atoms with E-state index in [0.717, 1.165) is 39.1 Å². The molecular formula is C29H23N5O4. The Morgan fingerprint density at radius 2 is 1.55 bits per heavy atom. The van der Waals surface area contributed by atoms with Crippen molar-refractivity contribution in [3.8, 4) is 33.9 Å². The minimum Gasteiger partial charge on any atom is -0.497 e. The summed E-state index contributed by atoms with van der Waals surface area (Å²) in [7, 11) is 3.28. The lowest BCUT2D eigenvalue weighted by Crippen LogP contribution is -1.93. The summed E-state index contributed by atoms with van der Waals surface area (Å²) >= 11 is 0. The van der Waals surface area contributed by atoms with Crippen LogP contribution in [0.15, 0.2) is 94.8 Å². The van der Waals surface area contributed by atoms with E-state index < -0.39 is 0 Å². The molecule has 0 spiro atoms. The van der Waals surface area contributed by atoms with Crippen molar-refractivity contribution in [3.63, 3.8) is 0 Å². The van der Waals surface area contributed by atoms with Crippen molar-refractivity contribution >= 4 is 23.0 Å². The third-order valence-electron chi connectivity index (χ3n) is 6.07. The molecule has 188 valence electrons. The Bertz CT molecular complexity index is 1720. The number of aromatic nitrogens is 4. The number of furan rings is 1. The van der Waals surface area contributed by atoms with Crippen LogP contribution in [-0.4, -0.2) is 40.0 Å². The predicted octanol–water partition coefficient (Wildman–Crippen LogP) is 5.77. The first kappa shape index (κ1) is 23.2. The number of methoxy groups -OCH3 is 2. The Kier molecular flexibility index (Phi) is 6.15. The number of oxime groups is 1. The van der Waals surface area contributed by atoms with Crippen LogP contribution in [0.1, 0.15) is 11.4 Å².